The second-order valence-corrected chi connectivity index (χ2v) is 9.12. The van der Waals surface area contributed by atoms with Crippen molar-refractivity contribution in [1.82, 2.24) is 14.3 Å². The Bertz CT molecular complexity index is 1160. The molecule has 0 amide bonds. The summed E-state index contributed by atoms with van der Waals surface area (Å²) in [6.45, 7) is 5.46. The van der Waals surface area contributed by atoms with Crippen molar-refractivity contribution in [2.75, 3.05) is 31.6 Å². The minimum Gasteiger partial charge on any atom is -0.370 e. The van der Waals surface area contributed by atoms with Crippen LogP contribution in [0, 0.1) is 5.92 Å². The molecular weight excluding hydrogens is 384 g/mol. The largest absolute Gasteiger partial charge is 0.370 e. The molecule has 7 heteroatoms. The van der Waals surface area contributed by atoms with Crippen molar-refractivity contribution in [1.29, 1.82) is 0 Å². The number of hydrogen-bond donors (Lipinski definition) is 2. The number of likely N-dealkylation sites (N-methyl/N-ethyl adjacent to an activating group) is 1. The number of piperidine rings is 1. The first-order chi connectivity index (χ1) is 14.1. The van der Waals surface area contributed by atoms with Gasteiger partial charge in [-0.2, -0.15) is 0 Å². The summed E-state index contributed by atoms with van der Waals surface area (Å²) in [7, 11) is 2.25. The number of hydrogen-bond acceptors (Lipinski definition) is 5. The van der Waals surface area contributed by atoms with Gasteiger partial charge in [0.05, 0.1) is 10.4 Å². The Morgan fingerprint density at radius 2 is 1.93 bits per heavy atom. The van der Waals surface area contributed by atoms with Crippen molar-refractivity contribution in [2.45, 2.75) is 32.2 Å². The summed E-state index contributed by atoms with van der Waals surface area (Å²) in [5.74, 6) is 0.759. The summed E-state index contributed by atoms with van der Waals surface area (Å²) >= 11 is 1.25. The predicted octanol–water partition coefficient (Wildman–Crippen LogP) is 3.04. The Morgan fingerprint density at radius 1 is 1.14 bits per heavy atom. The van der Waals surface area contributed by atoms with Crippen LogP contribution in [-0.4, -0.2) is 47.0 Å². The van der Waals surface area contributed by atoms with Crippen molar-refractivity contribution in [3.63, 3.8) is 0 Å². The fourth-order valence-electron chi connectivity index (χ4n) is 5.13. The van der Waals surface area contributed by atoms with E-state index in [9.17, 15) is 9.59 Å². The topological polar surface area (TPSA) is 72.2 Å². The van der Waals surface area contributed by atoms with E-state index in [2.05, 4.69) is 57.4 Å². The van der Waals surface area contributed by atoms with Crippen LogP contribution in [0.5, 0.6) is 0 Å². The first-order valence-corrected chi connectivity index (χ1v) is 11.2. The van der Waals surface area contributed by atoms with Crippen molar-refractivity contribution in [3.8, 4) is 11.3 Å². The first-order valence-electron chi connectivity index (χ1n) is 10.4. The minimum atomic E-state index is -0.314. The zero-order valence-corrected chi connectivity index (χ0v) is 17.6. The van der Waals surface area contributed by atoms with E-state index in [1.54, 1.807) is 0 Å². The van der Waals surface area contributed by atoms with Crippen LogP contribution < -0.4 is 16.0 Å². The lowest BCUT2D eigenvalue weighted by Gasteiger charge is -2.33. The highest BCUT2D eigenvalue weighted by atomic mass is 32.1. The molecule has 5 rings (SSSR count). The molecule has 2 unspecified atom stereocenters. The van der Waals surface area contributed by atoms with Crippen LogP contribution in [0.3, 0.4) is 0 Å². The summed E-state index contributed by atoms with van der Waals surface area (Å²) < 4.78 is 3.47. The number of H-pyrrole nitrogens is 2. The van der Waals surface area contributed by atoms with E-state index in [1.165, 1.54) is 36.6 Å². The number of nitrogens with zero attached hydrogens (tertiary/aromatic N) is 2. The standard InChI is InChI=1S/C22H26N4O2S/c1-3-16-19(23-21(27)18-20(16)29-24-22(18)28)13-6-8-15(9-7-13)26-11-14-5-4-10-25(2)17(14)12-26/h6-9,14,17H,3-5,10-12H2,1-2H3,(H,23,27)(H,24,28). The molecule has 2 aliphatic rings. The summed E-state index contributed by atoms with van der Waals surface area (Å²) in [6, 6.07) is 9.16. The highest BCUT2D eigenvalue weighted by Gasteiger charge is 2.37. The minimum absolute atomic E-state index is 0.246. The third-order valence-corrected chi connectivity index (χ3v) is 7.62. The average Bonchev–Trinajstić information content (AvgIpc) is 3.33. The van der Waals surface area contributed by atoms with Gasteiger partial charge < -0.3 is 14.8 Å². The lowest BCUT2D eigenvalue weighted by Crippen LogP contribution is -2.42. The van der Waals surface area contributed by atoms with Crippen LogP contribution in [0.4, 0.5) is 5.69 Å². The monoisotopic (exact) mass is 410 g/mol. The Labute approximate surface area is 173 Å². The highest BCUT2D eigenvalue weighted by Crippen LogP contribution is 2.34. The van der Waals surface area contributed by atoms with Crippen molar-refractivity contribution < 1.29 is 0 Å². The Kier molecular flexibility index (Phi) is 4.59. The third kappa shape index (κ3) is 3.04. The normalized spacial score (nSPS) is 22.3. The van der Waals surface area contributed by atoms with Gasteiger partial charge in [-0.1, -0.05) is 30.6 Å². The van der Waals surface area contributed by atoms with Gasteiger partial charge in [0.2, 0.25) is 0 Å². The van der Waals surface area contributed by atoms with Gasteiger partial charge in [-0.25, -0.2) is 0 Å². The lowest BCUT2D eigenvalue weighted by molar-refractivity contribution is 0.158. The number of aromatic amines is 2. The molecule has 0 radical (unpaired) electrons. The average molecular weight is 411 g/mol. The predicted molar refractivity (Wildman–Crippen MR) is 119 cm³/mol. The number of anilines is 1. The molecule has 152 valence electrons. The molecule has 3 aromatic rings. The van der Waals surface area contributed by atoms with E-state index >= 15 is 0 Å². The summed E-state index contributed by atoms with van der Waals surface area (Å²) in [5.41, 5.74) is 3.45. The van der Waals surface area contributed by atoms with Gasteiger partial charge in [0.25, 0.3) is 11.1 Å². The van der Waals surface area contributed by atoms with E-state index in [4.69, 9.17) is 0 Å². The number of benzene rings is 1. The molecule has 2 aromatic heterocycles. The van der Waals surface area contributed by atoms with Gasteiger partial charge in [-0.15, -0.1) is 0 Å². The number of likely N-dealkylation sites (tertiary alicyclic amines) is 1. The van der Waals surface area contributed by atoms with Gasteiger partial charge in [-0.3, -0.25) is 14.0 Å². The van der Waals surface area contributed by atoms with Crippen LogP contribution in [-0.2, 0) is 6.42 Å². The number of aromatic nitrogens is 2. The molecule has 0 bridgehead atoms. The molecular formula is C22H26N4O2S. The smallest absolute Gasteiger partial charge is 0.271 e. The van der Waals surface area contributed by atoms with E-state index in [-0.39, 0.29) is 16.5 Å². The summed E-state index contributed by atoms with van der Waals surface area (Å²) in [4.78, 5) is 32.4. The number of rotatable bonds is 3. The van der Waals surface area contributed by atoms with Crippen molar-refractivity contribution in [3.05, 3.63) is 50.5 Å². The number of aryl methyl sites for hydroxylation is 1. The molecule has 6 nitrogen and oxygen atoms in total. The van der Waals surface area contributed by atoms with Gasteiger partial charge >= 0.3 is 0 Å². The summed E-state index contributed by atoms with van der Waals surface area (Å²) in [6.07, 6.45) is 3.37. The number of fused-ring (bicyclic) bond motifs is 2. The second-order valence-electron chi connectivity index (χ2n) is 8.30. The van der Waals surface area contributed by atoms with Crippen LogP contribution in [0.1, 0.15) is 25.3 Å². The zero-order chi connectivity index (χ0) is 20.1. The Balaban J connectivity index is 1.48. The molecule has 4 heterocycles. The summed E-state index contributed by atoms with van der Waals surface area (Å²) in [5, 5.41) is 0.246. The number of pyridine rings is 1. The van der Waals surface area contributed by atoms with Crippen LogP contribution in [0.25, 0.3) is 21.3 Å². The molecule has 1 aromatic carbocycles. The van der Waals surface area contributed by atoms with Crippen LogP contribution >= 0.6 is 11.5 Å². The molecule has 0 aliphatic carbocycles. The van der Waals surface area contributed by atoms with Gasteiger partial charge in [-0.05, 0) is 62.0 Å². The molecule has 2 saturated heterocycles. The molecule has 2 aliphatic heterocycles. The quantitative estimate of drug-likeness (QED) is 0.696. The Morgan fingerprint density at radius 3 is 2.66 bits per heavy atom. The molecule has 0 saturated carbocycles. The maximum atomic E-state index is 12.5. The van der Waals surface area contributed by atoms with E-state index < -0.39 is 0 Å². The van der Waals surface area contributed by atoms with Gasteiger partial charge in [0.1, 0.15) is 5.39 Å². The number of nitrogens with one attached hydrogen (secondary N) is 2. The highest BCUT2D eigenvalue weighted by molar-refractivity contribution is 7.13. The van der Waals surface area contributed by atoms with E-state index in [0.717, 1.165) is 46.9 Å². The molecule has 0 spiro atoms. The van der Waals surface area contributed by atoms with Gasteiger partial charge in [0, 0.05) is 24.8 Å². The first kappa shape index (κ1) is 18.6. The third-order valence-electron chi connectivity index (χ3n) is 6.67. The van der Waals surface area contributed by atoms with Crippen LogP contribution in [0.2, 0.25) is 0 Å². The van der Waals surface area contributed by atoms with Crippen LogP contribution in [0.15, 0.2) is 33.9 Å². The fraction of sp³-hybridized carbons (Fsp3) is 0.455. The zero-order valence-electron chi connectivity index (χ0n) is 16.8. The second kappa shape index (κ2) is 7.15. The fourth-order valence-corrected chi connectivity index (χ4v) is 6.08. The van der Waals surface area contributed by atoms with Crippen molar-refractivity contribution in [2.24, 2.45) is 5.92 Å². The Hall–Kier alpha value is -2.38. The van der Waals surface area contributed by atoms with Gasteiger partial charge in [0.15, 0.2) is 0 Å². The molecule has 2 fully saturated rings. The molecule has 29 heavy (non-hydrogen) atoms. The SMILES string of the molecule is CCc1c(-c2ccc(N3CC4CCCN(C)C4C3)cc2)[nH]c(=O)c2c(=O)[nH]sc12. The molecule has 2 atom stereocenters. The maximum absolute atomic E-state index is 12.5. The van der Waals surface area contributed by atoms with E-state index in [1.807, 2.05) is 0 Å². The lowest BCUT2D eigenvalue weighted by atomic mass is 9.93. The molecule has 2 N–H and O–H groups in total. The van der Waals surface area contributed by atoms with E-state index in [0.29, 0.717) is 6.04 Å². The maximum Gasteiger partial charge on any atom is 0.271 e. The van der Waals surface area contributed by atoms with Crippen molar-refractivity contribution >= 4 is 27.3 Å².